The van der Waals surface area contributed by atoms with Gasteiger partial charge < -0.3 is 59.8 Å². The van der Waals surface area contributed by atoms with E-state index in [4.69, 9.17) is 18.9 Å². The van der Waals surface area contributed by atoms with Crippen LogP contribution in [0.15, 0.2) is 23.8 Å². The first-order valence-corrected chi connectivity index (χ1v) is 15.9. The summed E-state index contributed by atoms with van der Waals surface area (Å²) in [6.45, 7) is 12.3. The molecular weight excluding hydrogens is 576 g/mol. The second-order valence-electron chi connectivity index (χ2n) is 14.1. The maximum atomic E-state index is 10.6. The largest absolute Gasteiger partial charge is 0.394 e. The van der Waals surface area contributed by atoms with Crippen molar-refractivity contribution in [3.05, 3.63) is 23.8 Å². The van der Waals surface area contributed by atoms with E-state index in [0.29, 0.717) is 6.42 Å². The molecule has 2 aliphatic carbocycles. The first-order chi connectivity index (χ1) is 20.7. The van der Waals surface area contributed by atoms with Crippen molar-refractivity contribution in [2.24, 2.45) is 22.7 Å². The molecule has 12 heteroatoms. The van der Waals surface area contributed by atoms with Crippen LogP contribution in [0.4, 0.5) is 0 Å². The first-order valence-electron chi connectivity index (χ1n) is 15.9. The molecule has 8 N–H and O–H groups in total. The highest BCUT2D eigenvalue weighted by atomic mass is 16.7. The van der Waals surface area contributed by atoms with Gasteiger partial charge in [0.1, 0.15) is 48.8 Å². The standard InChI is InChI=1S/C32H54O12/c1-16(11-13-41-29-27(39)25(37)23(35)19(14-33)42-29)6-8-18-17(2)7-9-21-31(3,4)22(10-12-32(18,21)5)44-30-28(40)26(38)24(36)20(15-34)43-30/h11,18-30,33-40H,2,6-10,12-15H2,1,3-5H3/b16-11+/t18-,19-,20-,21-,22-,23-,24-,25+,26+,27-,28-,29-,30+,32+/m1/s1. The fourth-order valence-corrected chi connectivity index (χ4v) is 8.24. The quantitative estimate of drug-likeness (QED) is 0.120. The van der Waals surface area contributed by atoms with Gasteiger partial charge in [0.2, 0.25) is 0 Å². The fourth-order valence-electron chi connectivity index (χ4n) is 8.24. The molecule has 14 atom stereocenters. The average Bonchev–Trinajstić information content (AvgIpc) is 2.98. The average molecular weight is 631 g/mol. The van der Waals surface area contributed by atoms with Crippen molar-refractivity contribution in [1.29, 1.82) is 0 Å². The van der Waals surface area contributed by atoms with Crippen molar-refractivity contribution in [1.82, 2.24) is 0 Å². The molecule has 0 aromatic heterocycles. The van der Waals surface area contributed by atoms with Crippen LogP contribution < -0.4 is 0 Å². The second-order valence-corrected chi connectivity index (χ2v) is 14.1. The molecule has 0 amide bonds. The van der Waals surface area contributed by atoms with Crippen molar-refractivity contribution < 1.29 is 59.8 Å². The second kappa shape index (κ2) is 14.4. The summed E-state index contributed by atoms with van der Waals surface area (Å²) >= 11 is 0. The highest BCUT2D eigenvalue weighted by Crippen LogP contribution is 2.62. The molecular formula is C32H54O12. The Labute approximate surface area is 259 Å². The number of rotatable bonds is 10. The van der Waals surface area contributed by atoms with E-state index in [1.54, 1.807) is 0 Å². The molecule has 2 aliphatic heterocycles. The van der Waals surface area contributed by atoms with Gasteiger partial charge >= 0.3 is 0 Å². The number of hydrogen-bond donors (Lipinski definition) is 8. The topological polar surface area (TPSA) is 199 Å². The molecule has 44 heavy (non-hydrogen) atoms. The van der Waals surface area contributed by atoms with E-state index >= 15 is 0 Å². The molecule has 0 bridgehead atoms. The number of aliphatic hydroxyl groups excluding tert-OH is 8. The zero-order valence-electron chi connectivity index (χ0n) is 26.4. The molecule has 12 nitrogen and oxygen atoms in total. The third-order valence-electron chi connectivity index (χ3n) is 11.0. The van der Waals surface area contributed by atoms with Gasteiger partial charge in [-0.3, -0.25) is 0 Å². The van der Waals surface area contributed by atoms with Gasteiger partial charge in [0.05, 0.1) is 25.9 Å². The molecule has 4 rings (SSSR count). The van der Waals surface area contributed by atoms with E-state index in [1.165, 1.54) is 5.57 Å². The summed E-state index contributed by atoms with van der Waals surface area (Å²) in [7, 11) is 0. The SMILES string of the molecule is C=C1CC[C@@H]2C(C)(C)[C@H](O[C@@H]3O[C@H](CO)[C@@H](O)[C@H](O)[C@H]3O)CC[C@@]2(C)[C@@H]1CC/C(C)=C/CO[C@@H]1O[C@H](CO)[C@@H](O)[C@H](O)[C@H]1O. The summed E-state index contributed by atoms with van der Waals surface area (Å²) in [6.07, 6.45) is -6.31. The molecule has 4 aliphatic rings. The highest BCUT2D eigenvalue weighted by molar-refractivity contribution is 5.18. The molecule has 0 aromatic rings. The van der Waals surface area contributed by atoms with Crippen LogP contribution in [-0.4, -0.2) is 128 Å². The predicted molar refractivity (Wildman–Crippen MR) is 158 cm³/mol. The maximum Gasteiger partial charge on any atom is 0.187 e. The van der Waals surface area contributed by atoms with E-state index in [0.717, 1.165) is 37.7 Å². The zero-order valence-corrected chi connectivity index (χ0v) is 26.4. The van der Waals surface area contributed by atoms with Gasteiger partial charge in [-0.05, 0) is 68.1 Å². The normalized spacial score (nSPS) is 46.5. The molecule has 0 radical (unpaired) electrons. The number of ether oxygens (including phenoxy) is 4. The van der Waals surface area contributed by atoms with Crippen molar-refractivity contribution in [3.8, 4) is 0 Å². The molecule has 2 heterocycles. The molecule has 0 unspecified atom stereocenters. The van der Waals surface area contributed by atoms with Gasteiger partial charge in [0.15, 0.2) is 12.6 Å². The Bertz CT molecular complexity index is 1000. The van der Waals surface area contributed by atoms with Gasteiger partial charge in [0.25, 0.3) is 0 Å². The highest BCUT2D eigenvalue weighted by Gasteiger charge is 2.57. The third kappa shape index (κ3) is 6.97. The molecule has 2 saturated carbocycles. The summed E-state index contributed by atoms with van der Waals surface area (Å²) in [6, 6.07) is 0. The van der Waals surface area contributed by atoms with E-state index in [2.05, 4.69) is 27.4 Å². The first kappa shape index (κ1) is 35.8. The van der Waals surface area contributed by atoms with E-state index in [1.807, 2.05) is 13.0 Å². The van der Waals surface area contributed by atoms with E-state index in [9.17, 15) is 40.9 Å². The van der Waals surface area contributed by atoms with Gasteiger partial charge in [-0.2, -0.15) is 0 Å². The lowest BCUT2D eigenvalue weighted by molar-refractivity contribution is -0.327. The van der Waals surface area contributed by atoms with Gasteiger partial charge in [-0.15, -0.1) is 0 Å². The van der Waals surface area contributed by atoms with Crippen LogP contribution in [0.5, 0.6) is 0 Å². The van der Waals surface area contributed by atoms with Crippen LogP contribution in [0.1, 0.15) is 66.2 Å². The number of allylic oxidation sites excluding steroid dienone is 2. The van der Waals surface area contributed by atoms with Crippen LogP contribution in [0.3, 0.4) is 0 Å². The molecule has 254 valence electrons. The minimum Gasteiger partial charge on any atom is -0.394 e. The fraction of sp³-hybridized carbons (Fsp3) is 0.875. The minimum atomic E-state index is -1.48. The van der Waals surface area contributed by atoms with Crippen molar-refractivity contribution in [2.75, 3.05) is 19.8 Å². The summed E-state index contributed by atoms with van der Waals surface area (Å²) < 4.78 is 23.0. The predicted octanol–water partition coefficient (Wildman–Crippen LogP) is 0.123. The Kier molecular flexibility index (Phi) is 11.7. The summed E-state index contributed by atoms with van der Waals surface area (Å²) in [5, 5.41) is 80.1. The smallest absolute Gasteiger partial charge is 0.187 e. The lowest BCUT2D eigenvalue weighted by atomic mass is 9.46. The Balaban J connectivity index is 1.37. The minimum absolute atomic E-state index is 0.0405. The van der Waals surface area contributed by atoms with Crippen LogP contribution in [0, 0.1) is 22.7 Å². The molecule has 0 spiro atoms. The Hall–Kier alpha value is -1.00. The zero-order chi connectivity index (χ0) is 32.6. The van der Waals surface area contributed by atoms with Crippen molar-refractivity contribution in [2.45, 2.75) is 134 Å². The van der Waals surface area contributed by atoms with Crippen LogP contribution in [0.2, 0.25) is 0 Å². The lowest BCUT2D eigenvalue weighted by Crippen LogP contribution is -2.62. The third-order valence-corrected chi connectivity index (χ3v) is 11.0. The molecule has 4 fully saturated rings. The summed E-state index contributed by atoms with van der Waals surface area (Å²) in [4.78, 5) is 0. The lowest BCUT2D eigenvalue weighted by Gasteiger charge is -2.60. The van der Waals surface area contributed by atoms with Crippen molar-refractivity contribution in [3.63, 3.8) is 0 Å². The van der Waals surface area contributed by atoms with E-state index < -0.39 is 74.6 Å². The maximum absolute atomic E-state index is 10.6. The van der Waals surface area contributed by atoms with Gasteiger partial charge in [0, 0.05) is 0 Å². The number of hydrogen-bond acceptors (Lipinski definition) is 12. The van der Waals surface area contributed by atoms with Gasteiger partial charge in [-0.1, -0.05) is 44.6 Å². The monoisotopic (exact) mass is 630 g/mol. The summed E-state index contributed by atoms with van der Waals surface area (Å²) in [5.41, 5.74) is 1.99. The Morgan fingerprint density at radius 3 is 2.02 bits per heavy atom. The summed E-state index contributed by atoms with van der Waals surface area (Å²) in [5.74, 6) is 0.552. The molecule has 2 saturated heterocycles. The number of aliphatic hydroxyl groups is 8. The van der Waals surface area contributed by atoms with E-state index in [-0.39, 0.29) is 35.4 Å². The van der Waals surface area contributed by atoms with Crippen LogP contribution in [-0.2, 0) is 18.9 Å². The Morgan fingerprint density at radius 1 is 0.864 bits per heavy atom. The Morgan fingerprint density at radius 2 is 1.43 bits per heavy atom. The van der Waals surface area contributed by atoms with Gasteiger partial charge in [-0.25, -0.2) is 0 Å². The molecule has 0 aromatic carbocycles. The van der Waals surface area contributed by atoms with Crippen LogP contribution in [0.25, 0.3) is 0 Å². The number of fused-ring (bicyclic) bond motifs is 1. The van der Waals surface area contributed by atoms with Crippen LogP contribution >= 0.6 is 0 Å². The van der Waals surface area contributed by atoms with Crippen molar-refractivity contribution >= 4 is 0 Å².